The Bertz CT molecular complexity index is 1410. The standard InChI is InChI=1S/C20H11ClFNO5S2/c21-13-3-1-12(2-4-13)19(24)23(30(26,27)16-8-5-14(22)6-9-16)15-7-10-17-18(11-15)29-20(25)28-17/h1-11H. The number of fused-ring (bicyclic) bond motifs is 1. The molecule has 3 aromatic carbocycles. The Morgan fingerprint density at radius 3 is 2.33 bits per heavy atom. The van der Waals surface area contributed by atoms with Crippen LogP contribution in [0.15, 0.2) is 80.8 Å². The van der Waals surface area contributed by atoms with Crippen LogP contribution in [-0.4, -0.2) is 14.3 Å². The zero-order valence-corrected chi connectivity index (χ0v) is 17.3. The zero-order valence-electron chi connectivity index (χ0n) is 14.9. The Morgan fingerprint density at radius 1 is 1.00 bits per heavy atom. The van der Waals surface area contributed by atoms with E-state index in [0.717, 1.165) is 35.6 Å². The first-order chi connectivity index (χ1) is 14.3. The van der Waals surface area contributed by atoms with Gasteiger partial charge >= 0.3 is 4.94 Å². The lowest BCUT2D eigenvalue weighted by molar-refractivity contribution is 0.101. The van der Waals surface area contributed by atoms with Gasteiger partial charge in [-0.05, 0) is 66.7 Å². The summed E-state index contributed by atoms with van der Waals surface area (Å²) < 4.78 is 46.0. The molecule has 10 heteroatoms. The summed E-state index contributed by atoms with van der Waals surface area (Å²) in [6.45, 7) is 0. The van der Waals surface area contributed by atoms with Crippen molar-refractivity contribution in [2.75, 3.05) is 4.31 Å². The Hall–Kier alpha value is -3.01. The molecule has 0 saturated carbocycles. The van der Waals surface area contributed by atoms with Crippen LogP contribution in [0.5, 0.6) is 0 Å². The molecule has 6 nitrogen and oxygen atoms in total. The Labute approximate surface area is 178 Å². The molecule has 0 unspecified atom stereocenters. The summed E-state index contributed by atoms with van der Waals surface area (Å²) in [5, 5.41) is 0.379. The number of rotatable bonds is 4. The highest BCUT2D eigenvalue weighted by Gasteiger charge is 2.32. The van der Waals surface area contributed by atoms with Crippen molar-refractivity contribution >= 4 is 54.8 Å². The van der Waals surface area contributed by atoms with E-state index in [4.69, 9.17) is 16.0 Å². The molecule has 30 heavy (non-hydrogen) atoms. The van der Waals surface area contributed by atoms with E-state index < -0.39 is 26.7 Å². The van der Waals surface area contributed by atoms with Gasteiger partial charge in [-0.3, -0.25) is 4.79 Å². The molecule has 0 N–H and O–H groups in total. The minimum atomic E-state index is -4.41. The quantitative estimate of drug-likeness (QED) is 0.438. The smallest absolute Gasteiger partial charge is 0.396 e. The molecule has 0 radical (unpaired) electrons. The molecule has 1 aromatic heterocycles. The van der Waals surface area contributed by atoms with Crippen LogP contribution in [-0.2, 0) is 10.0 Å². The van der Waals surface area contributed by atoms with E-state index in [0.29, 0.717) is 14.0 Å². The zero-order chi connectivity index (χ0) is 21.5. The number of benzene rings is 3. The first kappa shape index (κ1) is 20.3. The minimum absolute atomic E-state index is 0.00354. The average molecular weight is 464 g/mol. The van der Waals surface area contributed by atoms with Crippen molar-refractivity contribution in [2.45, 2.75) is 4.90 Å². The second-order valence-corrected chi connectivity index (χ2v) is 9.32. The largest absolute Gasteiger partial charge is 0.414 e. The molecule has 0 atom stereocenters. The maximum atomic E-state index is 13.3. The highest BCUT2D eigenvalue weighted by molar-refractivity contribution is 7.93. The van der Waals surface area contributed by atoms with Crippen LogP contribution >= 0.6 is 22.9 Å². The topological polar surface area (TPSA) is 84.7 Å². The van der Waals surface area contributed by atoms with Gasteiger partial charge in [-0.25, -0.2) is 17.6 Å². The minimum Gasteiger partial charge on any atom is -0.414 e. The first-order valence-electron chi connectivity index (χ1n) is 8.40. The summed E-state index contributed by atoms with van der Waals surface area (Å²) in [4.78, 5) is 23.9. The number of anilines is 1. The van der Waals surface area contributed by atoms with Gasteiger partial charge in [-0.1, -0.05) is 22.9 Å². The molecule has 0 aliphatic carbocycles. The van der Waals surface area contributed by atoms with Gasteiger partial charge < -0.3 is 4.42 Å². The Morgan fingerprint density at radius 2 is 1.67 bits per heavy atom. The van der Waals surface area contributed by atoms with E-state index in [-0.39, 0.29) is 21.7 Å². The fourth-order valence-corrected chi connectivity index (χ4v) is 5.01. The average Bonchev–Trinajstić information content (AvgIpc) is 3.08. The van der Waals surface area contributed by atoms with Crippen LogP contribution in [0.25, 0.3) is 10.3 Å². The molecule has 4 rings (SSSR count). The number of sulfonamides is 1. The number of amides is 1. The maximum absolute atomic E-state index is 13.3. The van der Waals surface area contributed by atoms with Gasteiger partial charge in [0.2, 0.25) is 0 Å². The lowest BCUT2D eigenvalue weighted by Gasteiger charge is -2.23. The van der Waals surface area contributed by atoms with Crippen molar-refractivity contribution < 1.29 is 22.0 Å². The molecule has 152 valence electrons. The van der Waals surface area contributed by atoms with Gasteiger partial charge in [0, 0.05) is 10.6 Å². The van der Waals surface area contributed by atoms with Crippen molar-refractivity contribution in [3.63, 3.8) is 0 Å². The predicted octanol–water partition coefficient (Wildman–Crippen LogP) is 4.68. The SMILES string of the molecule is O=C(c1ccc(Cl)cc1)N(c1ccc2oc(=O)sc2c1)S(=O)(=O)c1ccc(F)cc1. The summed E-state index contributed by atoms with van der Waals surface area (Å²) in [6, 6.07) is 14.0. The summed E-state index contributed by atoms with van der Waals surface area (Å²) in [6.07, 6.45) is 0. The van der Waals surface area contributed by atoms with Crippen LogP contribution in [0.3, 0.4) is 0 Å². The van der Waals surface area contributed by atoms with Crippen LogP contribution < -0.4 is 9.24 Å². The van der Waals surface area contributed by atoms with Crippen molar-refractivity contribution in [1.29, 1.82) is 0 Å². The lowest BCUT2D eigenvalue weighted by atomic mass is 10.2. The second kappa shape index (κ2) is 7.67. The maximum Gasteiger partial charge on any atom is 0.396 e. The van der Waals surface area contributed by atoms with Crippen LogP contribution in [0.4, 0.5) is 10.1 Å². The molecular weight excluding hydrogens is 453 g/mol. The Balaban J connectivity index is 1.91. The van der Waals surface area contributed by atoms with Crippen molar-refractivity contribution in [2.24, 2.45) is 0 Å². The van der Waals surface area contributed by atoms with Gasteiger partial charge in [-0.2, -0.15) is 4.31 Å². The monoisotopic (exact) mass is 463 g/mol. The number of halogens is 2. The molecule has 1 heterocycles. The molecular formula is C20H11ClFNO5S2. The van der Waals surface area contributed by atoms with E-state index in [9.17, 15) is 22.4 Å². The third-order valence-electron chi connectivity index (χ3n) is 4.18. The lowest BCUT2D eigenvalue weighted by Crippen LogP contribution is -2.37. The van der Waals surface area contributed by atoms with Crippen LogP contribution in [0.2, 0.25) is 5.02 Å². The molecule has 0 bridgehead atoms. The van der Waals surface area contributed by atoms with Crippen molar-refractivity contribution in [1.82, 2.24) is 0 Å². The van der Waals surface area contributed by atoms with Gasteiger partial charge in [0.25, 0.3) is 15.9 Å². The molecule has 0 aliphatic heterocycles. The number of hydrogen-bond donors (Lipinski definition) is 0. The third-order valence-corrected chi connectivity index (χ3v) is 6.94. The van der Waals surface area contributed by atoms with Gasteiger partial charge in [-0.15, -0.1) is 0 Å². The van der Waals surface area contributed by atoms with E-state index in [1.165, 1.54) is 42.5 Å². The third kappa shape index (κ3) is 3.74. The Kier molecular flexibility index (Phi) is 5.19. The number of nitrogens with zero attached hydrogens (tertiary/aromatic N) is 1. The van der Waals surface area contributed by atoms with Crippen molar-refractivity contribution in [3.05, 3.63) is 92.9 Å². The summed E-state index contributed by atoms with van der Waals surface area (Å²) in [5.41, 5.74) is 0.348. The second-order valence-electron chi connectivity index (χ2n) is 6.12. The highest BCUT2D eigenvalue weighted by Crippen LogP contribution is 2.30. The summed E-state index contributed by atoms with van der Waals surface area (Å²) in [7, 11) is -4.41. The van der Waals surface area contributed by atoms with Gasteiger partial charge in [0.1, 0.15) is 11.4 Å². The van der Waals surface area contributed by atoms with Crippen LogP contribution in [0, 0.1) is 5.82 Å². The predicted molar refractivity (Wildman–Crippen MR) is 112 cm³/mol. The molecule has 4 aromatic rings. The molecule has 0 fully saturated rings. The fraction of sp³-hybridized carbons (Fsp3) is 0. The summed E-state index contributed by atoms with van der Waals surface area (Å²) in [5.74, 6) is -1.46. The molecule has 0 spiro atoms. The van der Waals surface area contributed by atoms with Gasteiger partial charge in [0.15, 0.2) is 0 Å². The fourth-order valence-electron chi connectivity index (χ4n) is 2.77. The molecule has 0 aliphatic rings. The van der Waals surface area contributed by atoms with E-state index in [1.54, 1.807) is 0 Å². The number of carbonyl (C=O) groups excluding carboxylic acids is 1. The van der Waals surface area contributed by atoms with E-state index in [1.807, 2.05) is 0 Å². The van der Waals surface area contributed by atoms with E-state index in [2.05, 4.69) is 0 Å². The van der Waals surface area contributed by atoms with Crippen LogP contribution in [0.1, 0.15) is 10.4 Å². The van der Waals surface area contributed by atoms with Gasteiger partial charge in [0.05, 0.1) is 15.3 Å². The molecule has 1 amide bonds. The molecule has 0 saturated heterocycles. The van der Waals surface area contributed by atoms with Crippen molar-refractivity contribution in [3.8, 4) is 0 Å². The normalized spacial score (nSPS) is 11.5. The number of hydrogen-bond acceptors (Lipinski definition) is 6. The highest BCUT2D eigenvalue weighted by atomic mass is 35.5. The first-order valence-corrected chi connectivity index (χ1v) is 11.0. The summed E-state index contributed by atoms with van der Waals surface area (Å²) >= 11 is 6.64. The number of carbonyl (C=O) groups is 1. The van der Waals surface area contributed by atoms with E-state index >= 15 is 0 Å².